The van der Waals surface area contributed by atoms with Gasteiger partial charge in [-0.1, -0.05) is 0 Å². The Balaban J connectivity index is 2.09. The van der Waals surface area contributed by atoms with Gasteiger partial charge in [-0.25, -0.2) is 9.97 Å². The molecule has 0 aliphatic carbocycles. The summed E-state index contributed by atoms with van der Waals surface area (Å²) >= 11 is 0. The van der Waals surface area contributed by atoms with Crippen LogP contribution < -0.4 is 10.2 Å². The summed E-state index contributed by atoms with van der Waals surface area (Å²) in [5.74, 6) is 2.16. The maximum atomic E-state index is 9.29. The van der Waals surface area contributed by atoms with Gasteiger partial charge in [-0.05, 0) is 39.5 Å². The highest BCUT2D eigenvalue weighted by Crippen LogP contribution is 2.23. The number of hydrogen-bond donors (Lipinski definition) is 2. The molecule has 1 aromatic rings. The highest BCUT2D eigenvalue weighted by atomic mass is 16.3. The van der Waals surface area contributed by atoms with E-state index in [9.17, 15) is 5.11 Å². The van der Waals surface area contributed by atoms with Gasteiger partial charge in [-0.3, -0.25) is 0 Å². The number of aliphatic hydroxyl groups is 1. The van der Waals surface area contributed by atoms with Gasteiger partial charge in [0.05, 0.1) is 0 Å². The molecule has 1 aliphatic heterocycles. The van der Waals surface area contributed by atoms with Crippen LogP contribution >= 0.6 is 0 Å². The van der Waals surface area contributed by atoms with Crippen molar-refractivity contribution in [3.63, 3.8) is 0 Å². The third-order valence-electron chi connectivity index (χ3n) is 3.26. The van der Waals surface area contributed by atoms with Gasteiger partial charge in [0.2, 0.25) is 0 Å². The lowest BCUT2D eigenvalue weighted by atomic mass is 9.99. The SMILES string of the molecule is CC(C)(C)Nc1cc(N2CCCC(CO)C2)ncn1. The lowest BCUT2D eigenvalue weighted by molar-refractivity contribution is 0.208. The molecule has 0 saturated carbocycles. The summed E-state index contributed by atoms with van der Waals surface area (Å²) in [5, 5.41) is 12.7. The van der Waals surface area contributed by atoms with Gasteiger partial charge in [0.1, 0.15) is 18.0 Å². The summed E-state index contributed by atoms with van der Waals surface area (Å²) in [4.78, 5) is 10.9. The highest BCUT2D eigenvalue weighted by Gasteiger charge is 2.21. The fourth-order valence-corrected chi connectivity index (χ4v) is 2.39. The van der Waals surface area contributed by atoms with E-state index in [2.05, 4.69) is 41.0 Å². The van der Waals surface area contributed by atoms with Crippen molar-refractivity contribution >= 4 is 11.6 Å². The highest BCUT2D eigenvalue weighted by molar-refractivity contribution is 5.49. The normalized spacial score (nSPS) is 20.4. The van der Waals surface area contributed by atoms with Crippen molar-refractivity contribution in [1.29, 1.82) is 0 Å². The average Bonchev–Trinajstić information content (AvgIpc) is 2.37. The van der Waals surface area contributed by atoms with E-state index < -0.39 is 0 Å². The van der Waals surface area contributed by atoms with Gasteiger partial charge in [0.15, 0.2) is 0 Å². The lowest BCUT2D eigenvalue weighted by Gasteiger charge is -2.33. The molecular weight excluding hydrogens is 240 g/mol. The van der Waals surface area contributed by atoms with Crippen molar-refractivity contribution in [1.82, 2.24) is 9.97 Å². The van der Waals surface area contributed by atoms with Crippen LogP contribution in [0.5, 0.6) is 0 Å². The largest absolute Gasteiger partial charge is 0.396 e. The Bertz CT molecular complexity index is 416. The first-order valence-electron chi connectivity index (χ1n) is 6.94. The van der Waals surface area contributed by atoms with Gasteiger partial charge in [-0.2, -0.15) is 0 Å². The second-order valence-electron chi connectivity index (χ2n) is 6.27. The van der Waals surface area contributed by atoms with Crippen LogP contribution in [0.15, 0.2) is 12.4 Å². The van der Waals surface area contributed by atoms with Crippen molar-refractivity contribution in [3.05, 3.63) is 12.4 Å². The van der Waals surface area contributed by atoms with Crippen LogP contribution in [0.25, 0.3) is 0 Å². The molecule has 1 atom stereocenters. The molecule has 2 heterocycles. The zero-order valence-electron chi connectivity index (χ0n) is 12.1. The Hall–Kier alpha value is -1.36. The monoisotopic (exact) mass is 264 g/mol. The van der Waals surface area contributed by atoms with Crippen molar-refractivity contribution in [2.75, 3.05) is 29.9 Å². The molecule has 5 nitrogen and oxygen atoms in total. The van der Waals surface area contributed by atoms with E-state index in [4.69, 9.17) is 0 Å². The Morgan fingerprint density at radius 1 is 1.42 bits per heavy atom. The topological polar surface area (TPSA) is 61.3 Å². The van der Waals surface area contributed by atoms with Gasteiger partial charge < -0.3 is 15.3 Å². The molecule has 1 aliphatic rings. The fourth-order valence-electron chi connectivity index (χ4n) is 2.39. The first-order chi connectivity index (χ1) is 8.98. The maximum absolute atomic E-state index is 9.29. The number of piperidine rings is 1. The Labute approximate surface area is 115 Å². The van der Waals surface area contributed by atoms with Crippen LogP contribution in [0.1, 0.15) is 33.6 Å². The zero-order valence-corrected chi connectivity index (χ0v) is 12.1. The molecule has 0 spiro atoms. The van der Waals surface area contributed by atoms with Crippen molar-refractivity contribution in [2.45, 2.75) is 39.2 Å². The van der Waals surface area contributed by atoms with Crippen LogP contribution in [0.3, 0.4) is 0 Å². The smallest absolute Gasteiger partial charge is 0.134 e. The number of aliphatic hydroxyl groups excluding tert-OH is 1. The standard InChI is InChI=1S/C14H24N4O/c1-14(2,3)17-12-7-13(16-10-15-12)18-6-4-5-11(8-18)9-19/h7,10-11,19H,4-6,8-9H2,1-3H3,(H,15,16,17). The van der Waals surface area contributed by atoms with E-state index in [0.717, 1.165) is 37.6 Å². The summed E-state index contributed by atoms with van der Waals surface area (Å²) in [5.41, 5.74) is -0.0127. The van der Waals surface area contributed by atoms with Crippen LogP contribution in [-0.4, -0.2) is 40.3 Å². The Morgan fingerprint density at radius 2 is 2.21 bits per heavy atom. The van der Waals surface area contributed by atoms with Crippen molar-refractivity contribution in [2.24, 2.45) is 5.92 Å². The quantitative estimate of drug-likeness (QED) is 0.873. The molecule has 1 unspecified atom stereocenters. The Kier molecular flexibility index (Phi) is 4.24. The minimum Gasteiger partial charge on any atom is -0.396 e. The van der Waals surface area contributed by atoms with Crippen LogP contribution in [0.2, 0.25) is 0 Å². The Morgan fingerprint density at radius 3 is 2.89 bits per heavy atom. The van der Waals surface area contributed by atoms with Gasteiger partial charge in [0.25, 0.3) is 0 Å². The van der Waals surface area contributed by atoms with Crippen LogP contribution in [0.4, 0.5) is 11.6 Å². The summed E-state index contributed by atoms with van der Waals surface area (Å²) in [6.07, 6.45) is 3.81. The maximum Gasteiger partial charge on any atom is 0.134 e. The predicted octanol–water partition coefficient (Wildman–Crippen LogP) is 1.90. The van der Waals surface area contributed by atoms with Crippen molar-refractivity contribution in [3.8, 4) is 0 Å². The molecule has 1 fully saturated rings. The molecule has 0 radical (unpaired) electrons. The number of hydrogen-bond acceptors (Lipinski definition) is 5. The van der Waals surface area contributed by atoms with E-state index in [-0.39, 0.29) is 12.1 Å². The first-order valence-corrected chi connectivity index (χ1v) is 6.94. The average molecular weight is 264 g/mol. The van der Waals surface area contributed by atoms with Crippen molar-refractivity contribution < 1.29 is 5.11 Å². The van der Waals surface area contributed by atoms with Crippen LogP contribution in [0, 0.1) is 5.92 Å². The zero-order chi connectivity index (χ0) is 13.9. The predicted molar refractivity (Wildman–Crippen MR) is 77.4 cm³/mol. The van der Waals surface area contributed by atoms with E-state index in [0.29, 0.717) is 5.92 Å². The molecule has 0 bridgehead atoms. The third-order valence-corrected chi connectivity index (χ3v) is 3.26. The van der Waals surface area contributed by atoms with E-state index in [1.807, 2.05) is 6.07 Å². The number of aromatic nitrogens is 2. The lowest BCUT2D eigenvalue weighted by Crippen LogP contribution is -2.37. The molecule has 19 heavy (non-hydrogen) atoms. The number of nitrogens with one attached hydrogen (secondary N) is 1. The molecule has 2 rings (SSSR count). The van der Waals surface area contributed by atoms with Gasteiger partial charge in [0, 0.05) is 31.3 Å². The molecule has 0 amide bonds. The molecule has 0 aromatic carbocycles. The number of rotatable bonds is 3. The van der Waals surface area contributed by atoms with E-state index >= 15 is 0 Å². The van der Waals surface area contributed by atoms with E-state index in [1.54, 1.807) is 6.33 Å². The fraction of sp³-hybridized carbons (Fsp3) is 0.714. The second kappa shape index (κ2) is 5.74. The number of anilines is 2. The van der Waals surface area contributed by atoms with Gasteiger partial charge >= 0.3 is 0 Å². The summed E-state index contributed by atoms with van der Waals surface area (Å²) < 4.78 is 0. The molecule has 106 valence electrons. The minimum absolute atomic E-state index is 0.0127. The van der Waals surface area contributed by atoms with Gasteiger partial charge in [-0.15, -0.1) is 0 Å². The number of nitrogens with zero attached hydrogens (tertiary/aromatic N) is 3. The third kappa shape index (κ3) is 4.06. The van der Waals surface area contributed by atoms with Crippen LogP contribution in [-0.2, 0) is 0 Å². The molecular formula is C14H24N4O. The molecule has 2 N–H and O–H groups in total. The summed E-state index contributed by atoms with van der Waals surface area (Å²) in [6.45, 7) is 8.46. The molecule has 1 aromatic heterocycles. The summed E-state index contributed by atoms with van der Waals surface area (Å²) in [6, 6.07) is 1.99. The first kappa shape index (κ1) is 14.1. The summed E-state index contributed by atoms with van der Waals surface area (Å²) in [7, 11) is 0. The van der Waals surface area contributed by atoms with E-state index in [1.165, 1.54) is 0 Å². The second-order valence-corrected chi connectivity index (χ2v) is 6.27. The minimum atomic E-state index is -0.0127. The molecule has 5 heteroatoms. The molecule has 1 saturated heterocycles.